The fraction of sp³-hybridized carbons (Fsp3) is 0.656. The van der Waals surface area contributed by atoms with E-state index in [1.165, 1.54) is 12.8 Å². The van der Waals surface area contributed by atoms with Gasteiger partial charge < -0.3 is 20.3 Å². The zero-order chi connectivity index (χ0) is 27.8. The third-order valence-corrected chi connectivity index (χ3v) is 9.41. The molecule has 2 N–H and O–H groups in total. The summed E-state index contributed by atoms with van der Waals surface area (Å²) >= 11 is 0. The van der Waals surface area contributed by atoms with Gasteiger partial charge in [-0.3, -0.25) is 19.3 Å². The summed E-state index contributed by atoms with van der Waals surface area (Å²) in [7, 11) is 0. The van der Waals surface area contributed by atoms with Crippen molar-refractivity contribution in [3.8, 4) is 0 Å². The van der Waals surface area contributed by atoms with Gasteiger partial charge in [0.2, 0.25) is 17.7 Å². The molecule has 5 rings (SSSR count). The van der Waals surface area contributed by atoms with E-state index in [0.29, 0.717) is 45.4 Å². The molecule has 218 valence electrons. The molecule has 8 nitrogen and oxygen atoms in total. The summed E-state index contributed by atoms with van der Waals surface area (Å²) in [5.74, 6) is 0.285. The highest BCUT2D eigenvalue weighted by Crippen LogP contribution is 2.36. The van der Waals surface area contributed by atoms with E-state index in [0.717, 1.165) is 57.4 Å². The van der Waals surface area contributed by atoms with Crippen molar-refractivity contribution in [1.82, 2.24) is 20.4 Å². The number of amides is 3. The van der Waals surface area contributed by atoms with Crippen molar-refractivity contribution in [2.45, 2.75) is 76.3 Å². The number of allylic oxidation sites excluding steroid dienone is 2. The van der Waals surface area contributed by atoms with Gasteiger partial charge in [0, 0.05) is 51.9 Å². The van der Waals surface area contributed by atoms with Crippen molar-refractivity contribution in [2.24, 2.45) is 11.3 Å². The lowest BCUT2D eigenvalue weighted by Gasteiger charge is -2.40. The van der Waals surface area contributed by atoms with E-state index in [1.807, 2.05) is 35.2 Å². The molecule has 1 aromatic carbocycles. The van der Waals surface area contributed by atoms with Gasteiger partial charge >= 0.3 is 0 Å². The number of nitrogens with zero attached hydrogens (tertiary/aromatic N) is 2. The minimum Gasteiger partial charge on any atom is -0.381 e. The number of piperidine rings is 1. The Hall–Kier alpha value is -2.71. The summed E-state index contributed by atoms with van der Waals surface area (Å²) in [5.41, 5.74) is 0.468. The first kappa shape index (κ1) is 28.8. The third kappa shape index (κ3) is 7.32. The fourth-order valence-electron chi connectivity index (χ4n) is 6.81. The Morgan fingerprint density at radius 2 is 1.70 bits per heavy atom. The van der Waals surface area contributed by atoms with Crippen molar-refractivity contribution >= 4 is 17.7 Å². The molecule has 1 spiro atoms. The minimum absolute atomic E-state index is 0.00771. The summed E-state index contributed by atoms with van der Waals surface area (Å²) in [6, 6.07) is 9.27. The van der Waals surface area contributed by atoms with Crippen molar-refractivity contribution in [1.29, 1.82) is 0 Å². The predicted molar refractivity (Wildman–Crippen MR) is 154 cm³/mol. The number of carbonyl (C=O) groups is 3. The average molecular weight is 551 g/mol. The lowest BCUT2D eigenvalue weighted by molar-refractivity contribution is -0.140. The molecule has 3 fully saturated rings. The molecule has 0 aliphatic carbocycles. The van der Waals surface area contributed by atoms with Crippen LogP contribution in [0.5, 0.6) is 0 Å². The van der Waals surface area contributed by atoms with Gasteiger partial charge in [0.15, 0.2) is 0 Å². The molecular weight excluding hydrogens is 504 g/mol. The lowest BCUT2D eigenvalue weighted by Crippen LogP contribution is -2.58. The molecule has 4 aliphatic heterocycles. The van der Waals surface area contributed by atoms with Crippen LogP contribution in [0.25, 0.3) is 0 Å². The standard InChI is InChI=1S/C32H46N4O4/c37-29(36-17-8-1-2-9-18-36)24-35-19-13-27-26(23-35)12-6-7-14-32(15-20-40-21-16-32)31(39)34-28(30(38)33-27)22-25-10-4-3-5-11-25/h3-7,10-11,26-28H,1-2,8-9,12-24H2,(H,33,38)(H,34,39)/b7-6+/t26-,27-,28-/m0/s1. The van der Waals surface area contributed by atoms with Crippen LogP contribution in [0.15, 0.2) is 42.5 Å². The van der Waals surface area contributed by atoms with Gasteiger partial charge in [-0.2, -0.15) is 0 Å². The maximum atomic E-state index is 13.8. The van der Waals surface area contributed by atoms with Gasteiger partial charge in [-0.15, -0.1) is 0 Å². The van der Waals surface area contributed by atoms with Crippen molar-refractivity contribution in [2.75, 3.05) is 45.9 Å². The third-order valence-electron chi connectivity index (χ3n) is 9.41. The van der Waals surface area contributed by atoms with Crippen LogP contribution in [-0.2, 0) is 25.5 Å². The highest BCUT2D eigenvalue weighted by atomic mass is 16.5. The van der Waals surface area contributed by atoms with Crippen LogP contribution >= 0.6 is 0 Å². The molecule has 1 aromatic rings. The normalized spacial score (nSPS) is 29.2. The first-order valence-corrected chi connectivity index (χ1v) is 15.4. The molecule has 3 atom stereocenters. The second-order valence-corrected chi connectivity index (χ2v) is 12.2. The van der Waals surface area contributed by atoms with Gasteiger partial charge in [0.05, 0.1) is 12.0 Å². The van der Waals surface area contributed by atoms with Gasteiger partial charge in [-0.25, -0.2) is 0 Å². The molecule has 0 aromatic heterocycles. The minimum atomic E-state index is -0.638. The number of ether oxygens (including phenoxy) is 1. The van der Waals surface area contributed by atoms with Crippen LogP contribution in [0, 0.1) is 11.3 Å². The Bertz CT molecular complexity index is 1030. The number of benzene rings is 1. The van der Waals surface area contributed by atoms with Crippen LogP contribution in [-0.4, -0.2) is 85.5 Å². The molecule has 8 heteroatoms. The summed E-state index contributed by atoms with van der Waals surface area (Å²) in [5, 5.41) is 6.49. The van der Waals surface area contributed by atoms with Crippen molar-refractivity contribution in [3.63, 3.8) is 0 Å². The summed E-state index contributed by atoms with van der Waals surface area (Å²) in [4.78, 5) is 44.9. The second kappa shape index (κ2) is 13.8. The second-order valence-electron chi connectivity index (χ2n) is 12.2. The van der Waals surface area contributed by atoms with Gasteiger partial charge in [0.25, 0.3) is 0 Å². The summed E-state index contributed by atoms with van der Waals surface area (Å²) < 4.78 is 5.61. The van der Waals surface area contributed by atoms with E-state index in [-0.39, 0.29) is 29.7 Å². The Morgan fingerprint density at radius 1 is 0.950 bits per heavy atom. The first-order chi connectivity index (χ1) is 19.5. The largest absolute Gasteiger partial charge is 0.381 e. The number of hydrogen-bond donors (Lipinski definition) is 2. The van der Waals surface area contributed by atoms with Gasteiger partial charge in [-0.1, -0.05) is 55.3 Å². The van der Waals surface area contributed by atoms with E-state index in [2.05, 4.69) is 27.7 Å². The molecular formula is C32H46N4O4. The number of fused-ring (bicyclic) bond motifs is 1. The van der Waals surface area contributed by atoms with Crippen molar-refractivity contribution < 1.29 is 19.1 Å². The fourth-order valence-corrected chi connectivity index (χ4v) is 6.81. The van der Waals surface area contributed by atoms with E-state index < -0.39 is 11.5 Å². The topological polar surface area (TPSA) is 91.0 Å². The zero-order valence-corrected chi connectivity index (χ0v) is 23.8. The smallest absolute Gasteiger partial charge is 0.243 e. The number of nitrogens with one attached hydrogen (secondary N) is 2. The van der Waals surface area contributed by atoms with Gasteiger partial charge in [0.1, 0.15) is 6.04 Å². The Labute approximate surface area is 238 Å². The van der Waals surface area contributed by atoms with Crippen LogP contribution in [0.3, 0.4) is 0 Å². The number of carbonyl (C=O) groups excluding carboxylic acids is 3. The molecule has 3 amide bonds. The Balaban J connectivity index is 1.32. The van der Waals surface area contributed by atoms with E-state index in [1.54, 1.807) is 0 Å². The first-order valence-electron chi connectivity index (χ1n) is 15.4. The van der Waals surface area contributed by atoms with E-state index in [9.17, 15) is 14.4 Å². The molecule has 3 saturated heterocycles. The Kier molecular flexibility index (Phi) is 9.92. The lowest BCUT2D eigenvalue weighted by atomic mass is 9.75. The number of hydrogen-bond acceptors (Lipinski definition) is 5. The predicted octanol–water partition coefficient (Wildman–Crippen LogP) is 3.07. The molecule has 0 saturated carbocycles. The Morgan fingerprint density at radius 3 is 2.45 bits per heavy atom. The molecule has 4 heterocycles. The summed E-state index contributed by atoms with van der Waals surface area (Å²) in [6.07, 6.45) is 13.0. The molecule has 40 heavy (non-hydrogen) atoms. The molecule has 0 radical (unpaired) electrons. The van der Waals surface area contributed by atoms with Crippen LogP contribution in [0.2, 0.25) is 0 Å². The highest BCUT2D eigenvalue weighted by Gasteiger charge is 2.41. The molecule has 0 unspecified atom stereocenters. The van der Waals surface area contributed by atoms with Crippen molar-refractivity contribution in [3.05, 3.63) is 48.0 Å². The van der Waals surface area contributed by atoms with Gasteiger partial charge in [-0.05, 0) is 56.4 Å². The van der Waals surface area contributed by atoms with Crippen LogP contribution < -0.4 is 10.6 Å². The maximum absolute atomic E-state index is 13.8. The quantitative estimate of drug-likeness (QED) is 0.563. The molecule has 0 bridgehead atoms. The van der Waals surface area contributed by atoms with E-state index >= 15 is 0 Å². The highest BCUT2D eigenvalue weighted by molar-refractivity contribution is 5.90. The number of likely N-dealkylation sites (tertiary alicyclic amines) is 2. The zero-order valence-electron chi connectivity index (χ0n) is 23.8. The van der Waals surface area contributed by atoms with Crippen LogP contribution in [0.1, 0.15) is 63.4 Å². The van der Waals surface area contributed by atoms with E-state index in [4.69, 9.17) is 4.74 Å². The molecule has 4 aliphatic rings. The monoisotopic (exact) mass is 550 g/mol. The number of rotatable bonds is 4. The maximum Gasteiger partial charge on any atom is 0.243 e. The summed E-state index contributed by atoms with van der Waals surface area (Å²) in [6.45, 7) is 4.88. The van der Waals surface area contributed by atoms with Crippen LogP contribution in [0.4, 0.5) is 0 Å². The average Bonchev–Trinajstić information content (AvgIpc) is 3.27. The SMILES string of the molecule is O=C1N[C@H]2CCN(CC(=O)N3CCCCCC3)C[C@@H]2C/C=C/CC2(CCOCC2)C(=O)N[C@H]1Cc1ccccc1.